The topological polar surface area (TPSA) is 128 Å². The van der Waals surface area contributed by atoms with Crippen LogP contribution in [0, 0.1) is 6.92 Å². The number of carbonyl (C=O) groups is 3. The number of hydrogen-bond acceptors (Lipinski definition) is 7. The molecule has 1 atom stereocenters. The quantitative estimate of drug-likeness (QED) is 0.305. The number of unbranched alkanes of at least 4 members (excludes halogenated alkanes) is 2. The minimum Gasteiger partial charge on any atom is -0.542 e. The number of hydrogen-bond donors (Lipinski definition) is 2. The molecule has 3 N–H and O–H groups in total. The molecule has 2 heterocycles. The first-order chi connectivity index (χ1) is 20.0. The average molecular weight is 603 g/mol. The molecule has 1 amide bonds. The zero-order chi connectivity index (χ0) is 30.7. The lowest BCUT2D eigenvalue weighted by molar-refractivity contribution is -0.434. The number of rotatable bonds is 12. The Morgan fingerprint density at radius 3 is 2.45 bits per heavy atom. The molecule has 0 aliphatic carbocycles. The summed E-state index contributed by atoms with van der Waals surface area (Å²) in [6.07, 6.45) is 1.81. The number of carboxylic acid groups (broad SMARTS) is 1. The summed E-state index contributed by atoms with van der Waals surface area (Å²) in [6.45, 7) is 3.91. The number of nitrogens with one attached hydrogen (secondary N) is 1. The van der Waals surface area contributed by atoms with Crippen molar-refractivity contribution in [1.82, 2.24) is 10.3 Å². The molecule has 224 valence electrons. The summed E-state index contributed by atoms with van der Waals surface area (Å²) in [5.74, 6) is -1.83. The maximum Gasteiger partial charge on any atom is 0.430 e. The predicted molar refractivity (Wildman–Crippen MR) is 153 cm³/mol. The molecule has 1 aliphatic heterocycles. The van der Waals surface area contributed by atoms with Gasteiger partial charge in [-0.05, 0) is 49.6 Å². The van der Waals surface area contributed by atoms with Crippen LogP contribution in [0.2, 0.25) is 0 Å². The summed E-state index contributed by atoms with van der Waals surface area (Å²) < 4.78 is 32.7. The molecular formula is C30H33F3N4O4S. The Hall–Kier alpha value is -3.90. The predicted octanol–water partition coefficient (Wildman–Crippen LogP) is 3.83. The molecule has 0 unspecified atom stereocenters. The van der Waals surface area contributed by atoms with Crippen LogP contribution in [-0.4, -0.2) is 40.7 Å². The lowest BCUT2D eigenvalue weighted by atomic mass is 10.0. The van der Waals surface area contributed by atoms with Crippen molar-refractivity contribution >= 4 is 50.7 Å². The van der Waals surface area contributed by atoms with Gasteiger partial charge in [0.1, 0.15) is 17.8 Å². The number of amidine groups is 1. The van der Waals surface area contributed by atoms with Gasteiger partial charge in [-0.25, -0.2) is 9.98 Å². The van der Waals surface area contributed by atoms with Gasteiger partial charge in [0.05, 0.1) is 27.8 Å². The second kappa shape index (κ2) is 15.4. The number of thiazole rings is 1. The van der Waals surface area contributed by atoms with Gasteiger partial charge in [-0.15, -0.1) is 11.3 Å². The van der Waals surface area contributed by atoms with Crippen molar-refractivity contribution in [3.63, 3.8) is 0 Å². The first kappa shape index (κ1) is 32.6. The SMILES string of the molecule is CCC(=O)CCCCC[C@H](NC(=O)Cc1ccc2sc(C)nc2c1)C1=NC=C(c2ccccc2)[NH2+]1.O=C([O-])C(F)(F)F. The second-order valence-corrected chi connectivity index (χ2v) is 11.0. The Morgan fingerprint density at radius 1 is 1.07 bits per heavy atom. The Bertz CT molecular complexity index is 1450. The molecule has 0 fully saturated rings. The number of alkyl halides is 3. The Balaban J connectivity index is 0.000000616. The number of aryl methyl sites for hydroxylation is 1. The van der Waals surface area contributed by atoms with Crippen LogP contribution < -0.4 is 15.7 Å². The van der Waals surface area contributed by atoms with Crippen molar-refractivity contribution in [3.8, 4) is 0 Å². The van der Waals surface area contributed by atoms with Crippen LogP contribution in [0.15, 0.2) is 59.7 Å². The number of aliphatic carboxylic acids is 1. The van der Waals surface area contributed by atoms with Crippen LogP contribution in [0.4, 0.5) is 13.2 Å². The lowest BCUT2D eigenvalue weighted by Gasteiger charge is -2.17. The molecule has 42 heavy (non-hydrogen) atoms. The maximum absolute atomic E-state index is 13.0. The number of aromatic nitrogens is 1. The van der Waals surface area contributed by atoms with E-state index in [9.17, 15) is 22.8 Å². The highest BCUT2D eigenvalue weighted by atomic mass is 32.1. The fourth-order valence-corrected chi connectivity index (χ4v) is 5.11. The van der Waals surface area contributed by atoms with E-state index in [1.165, 1.54) is 0 Å². The number of Topliss-reactive ketones (excluding diaryl/α,β-unsaturated/α-hetero) is 1. The Labute approximate surface area is 245 Å². The molecule has 0 saturated carbocycles. The molecule has 12 heteroatoms. The standard InChI is InChI=1S/C28H32N4O2S.C2HF3O2/c1-3-22(33)12-8-5-9-13-23(28-29-18-25(32-28)21-10-6-4-7-11-21)31-27(34)17-20-14-15-26-24(16-20)30-19(2)35-26;3-2(4,5)1(6)7/h4,6-7,10-11,14-16,18,23H,3,5,8-9,12-13,17H2,1-2H3,(H,29,32)(H,31,34);(H,6,7)/t23-;/m0./s1. The van der Waals surface area contributed by atoms with E-state index in [4.69, 9.17) is 9.90 Å². The van der Waals surface area contributed by atoms with Gasteiger partial charge in [-0.3, -0.25) is 14.9 Å². The van der Waals surface area contributed by atoms with Crippen LogP contribution in [0.5, 0.6) is 0 Å². The highest BCUT2D eigenvalue weighted by Gasteiger charge is 2.29. The summed E-state index contributed by atoms with van der Waals surface area (Å²) >= 11 is 1.66. The molecule has 0 radical (unpaired) electrons. The third-order valence-corrected chi connectivity index (χ3v) is 7.41. The number of quaternary nitrogens is 1. The van der Waals surface area contributed by atoms with Crippen molar-refractivity contribution in [3.05, 3.63) is 70.9 Å². The van der Waals surface area contributed by atoms with E-state index in [0.29, 0.717) is 25.0 Å². The van der Waals surface area contributed by atoms with Crippen LogP contribution >= 0.6 is 11.3 Å². The third kappa shape index (κ3) is 10.2. The van der Waals surface area contributed by atoms with Gasteiger partial charge in [0.15, 0.2) is 5.70 Å². The Kier molecular flexibility index (Phi) is 11.9. The number of benzene rings is 2. The van der Waals surface area contributed by atoms with E-state index < -0.39 is 12.1 Å². The number of nitrogens with two attached hydrogens (primary N) is 1. The van der Waals surface area contributed by atoms with Crippen molar-refractivity contribution < 1.29 is 38.0 Å². The highest BCUT2D eigenvalue weighted by Crippen LogP contribution is 2.22. The van der Waals surface area contributed by atoms with Gasteiger partial charge in [-0.2, -0.15) is 13.2 Å². The number of aliphatic imine (C=N–C) groups is 1. The van der Waals surface area contributed by atoms with E-state index in [-0.39, 0.29) is 11.9 Å². The molecule has 8 nitrogen and oxygen atoms in total. The lowest BCUT2D eigenvalue weighted by Crippen LogP contribution is -2.87. The van der Waals surface area contributed by atoms with Crippen molar-refractivity contribution in [2.75, 3.05) is 0 Å². The smallest absolute Gasteiger partial charge is 0.430 e. The van der Waals surface area contributed by atoms with Crippen LogP contribution in [0.25, 0.3) is 15.9 Å². The first-order valence-corrected chi connectivity index (χ1v) is 14.4. The normalized spacial score (nSPS) is 13.5. The van der Waals surface area contributed by atoms with Crippen LogP contribution in [-0.2, 0) is 20.8 Å². The zero-order valence-corrected chi connectivity index (χ0v) is 24.2. The number of fused-ring (bicyclic) bond motifs is 1. The molecule has 4 rings (SSSR count). The van der Waals surface area contributed by atoms with Gasteiger partial charge in [0.2, 0.25) is 11.7 Å². The monoisotopic (exact) mass is 602 g/mol. The number of amides is 1. The highest BCUT2D eigenvalue weighted by molar-refractivity contribution is 7.18. The zero-order valence-electron chi connectivity index (χ0n) is 23.4. The molecule has 2 aromatic carbocycles. The maximum atomic E-state index is 13.0. The molecule has 0 spiro atoms. The van der Waals surface area contributed by atoms with Crippen LogP contribution in [0.3, 0.4) is 0 Å². The fourth-order valence-electron chi connectivity index (χ4n) is 4.30. The van der Waals surface area contributed by atoms with E-state index in [1.54, 1.807) is 11.3 Å². The van der Waals surface area contributed by atoms with Gasteiger partial charge < -0.3 is 15.2 Å². The number of carbonyl (C=O) groups excluding carboxylic acids is 3. The second-order valence-electron chi connectivity index (χ2n) is 9.76. The summed E-state index contributed by atoms with van der Waals surface area (Å²) in [4.78, 5) is 42.6. The minimum absolute atomic E-state index is 0.0216. The summed E-state index contributed by atoms with van der Waals surface area (Å²) in [7, 11) is 0. The van der Waals surface area contributed by atoms with Crippen LogP contribution in [0.1, 0.15) is 61.6 Å². The van der Waals surface area contributed by atoms with Gasteiger partial charge in [0, 0.05) is 18.4 Å². The van der Waals surface area contributed by atoms with E-state index in [2.05, 4.69) is 32.7 Å². The largest absolute Gasteiger partial charge is 0.542 e. The summed E-state index contributed by atoms with van der Waals surface area (Å²) in [5, 5.41) is 15.1. The molecule has 1 aliphatic rings. The van der Waals surface area contributed by atoms with Gasteiger partial charge in [0.25, 0.3) is 0 Å². The van der Waals surface area contributed by atoms with Crippen molar-refractivity contribution in [1.29, 1.82) is 0 Å². The molecule has 3 aromatic rings. The molecule has 0 saturated heterocycles. The van der Waals surface area contributed by atoms with Crippen molar-refractivity contribution in [2.24, 2.45) is 4.99 Å². The third-order valence-electron chi connectivity index (χ3n) is 6.45. The molecule has 1 aromatic heterocycles. The average Bonchev–Trinajstić information content (AvgIpc) is 3.58. The summed E-state index contributed by atoms with van der Waals surface area (Å²) in [5.41, 5.74) is 4.07. The number of ketones is 1. The Morgan fingerprint density at radius 2 is 1.79 bits per heavy atom. The molecular weight excluding hydrogens is 569 g/mol. The minimum atomic E-state index is -5.19. The van der Waals surface area contributed by atoms with E-state index in [0.717, 1.165) is 63.6 Å². The molecule has 0 bridgehead atoms. The fraction of sp³-hybridized carbons (Fsp3) is 0.367. The number of carboxylic acids is 1. The van der Waals surface area contributed by atoms with E-state index in [1.807, 2.05) is 56.4 Å². The number of halogens is 3. The number of nitrogens with zero attached hydrogens (tertiary/aromatic N) is 2. The first-order valence-electron chi connectivity index (χ1n) is 13.6. The van der Waals surface area contributed by atoms with Crippen molar-refractivity contribution in [2.45, 2.75) is 71.0 Å². The van der Waals surface area contributed by atoms with E-state index >= 15 is 0 Å². The van der Waals surface area contributed by atoms with Gasteiger partial charge >= 0.3 is 6.18 Å². The van der Waals surface area contributed by atoms with Gasteiger partial charge in [-0.1, -0.05) is 44.0 Å². The summed E-state index contributed by atoms with van der Waals surface area (Å²) in [6, 6.07) is 16.1.